The predicted octanol–water partition coefficient (Wildman–Crippen LogP) is 5.96. The van der Waals surface area contributed by atoms with Crippen LogP contribution in [-0.4, -0.2) is 6.61 Å². The molecule has 0 saturated heterocycles. The lowest BCUT2D eigenvalue weighted by atomic mass is 9.78. The van der Waals surface area contributed by atoms with Gasteiger partial charge in [0.2, 0.25) is 0 Å². The molecule has 0 aliphatic carbocycles. The largest absolute Gasteiger partial charge is 0.490 e. The number of ether oxygens (including phenoxy) is 1. The van der Waals surface area contributed by atoms with Crippen molar-refractivity contribution in [3.63, 3.8) is 0 Å². The Morgan fingerprint density at radius 1 is 1.00 bits per heavy atom. The molecule has 0 atom stereocenters. The highest BCUT2D eigenvalue weighted by Gasteiger charge is 2.25. The maximum atomic E-state index is 6.43. The molecule has 2 N–H and O–H groups in total. The summed E-state index contributed by atoms with van der Waals surface area (Å²) in [7, 11) is 0. The second kappa shape index (κ2) is 8.24. The highest BCUT2D eigenvalue weighted by atomic mass is 35.5. The van der Waals surface area contributed by atoms with E-state index in [0.717, 1.165) is 24.0 Å². The highest BCUT2D eigenvalue weighted by molar-refractivity contribution is 6.37. The zero-order chi connectivity index (χ0) is 17.7. The standard InChI is InChI=1S/C20H25Cl2NO/c1-4-5-10-24-19-17(21)11-16(12-18(19)22)20(2,3)15-8-6-14(13-23)7-9-15/h6-9,11-12H,4-5,10,13,23H2,1-3H3. The summed E-state index contributed by atoms with van der Waals surface area (Å²) in [6, 6.07) is 12.2. The Balaban J connectivity index is 2.32. The van der Waals surface area contributed by atoms with Gasteiger partial charge in [0.05, 0.1) is 16.7 Å². The Bertz CT molecular complexity index is 658. The molecule has 0 amide bonds. The Morgan fingerprint density at radius 2 is 1.58 bits per heavy atom. The molecule has 0 fully saturated rings. The minimum absolute atomic E-state index is 0.220. The first-order valence-electron chi connectivity index (χ1n) is 8.32. The van der Waals surface area contributed by atoms with Crippen LogP contribution in [0.25, 0.3) is 0 Å². The molecule has 0 spiro atoms. The van der Waals surface area contributed by atoms with Crippen molar-refractivity contribution in [3.8, 4) is 5.75 Å². The lowest BCUT2D eigenvalue weighted by Gasteiger charge is -2.27. The molecule has 24 heavy (non-hydrogen) atoms. The van der Waals surface area contributed by atoms with Crippen LogP contribution in [0.4, 0.5) is 0 Å². The fraction of sp³-hybridized carbons (Fsp3) is 0.400. The number of benzene rings is 2. The van der Waals surface area contributed by atoms with Gasteiger partial charge in [-0.05, 0) is 35.2 Å². The van der Waals surface area contributed by atoms with Gasteiger partial charge in [0, 0.05) is 12.0 Å². The quantitative estimate of drug-likeness (QED) is 0.614. The molecule has 0 unspecified atom stereocenters. The molecule has 0 aromatic heterocycles. The van der Waals surface area contributed by atoms with E-state index in [4.69, 9.17) is 33.7 Å². The fourth-order valence-corrected chi connectivity index (χ4v) is 3.20. The molecule has 4 heteroatoms. The van der Waals surface area contributed by atoms with Gasteiger partial charge in [0.25, 0.3) is 0 Å². The molecule has 2 aromatic rings. The van der Waals surface area contributed by atoms with Crippen molar-refractivity contribution in [2.75, 3.05) is 6.61 Å². The number of hydrogen-bond donors (Lipinski definition) is 1. The van der Waals surface area contributed by atoms with Gasteiger partial charge in [-0.1, -0.05) is 74.7 Å². The summed E-state index contributed by atoms with van der Waals surface area (Å²) in [5, 5.41) is 1.11. The molecular weight excluding hydrogens is 341 g/mol. The maximum absolute atomic E-state index is 6.43. The Labute approximate surface area is 154 Å². The Morgan fingerprint density at radius 3 is 2.08 bits per heavy atom. The van der Waals surface area contributed by atoms with Gasteiger partial charge in [-0.25, -0.2) is 0 Å². The topological polar surface area (TPSA) is 35.2 Å². The van der Waals surface area contributed by atoms with Crippen molar-refractivity contribution in [1.82, 2.24) is 0 Å². The number of nitrogens with two attached hydrogens (primary N) is 1. The summed E-state index contributed by atoms with van der Waals surface area (Å²) < 4.78 is 5.73. The van der Waals surface area contributed by atoms with Gasteiger partial charge in [-0.15, -0.1) is 0 Å². The highest BCUT2D eigenvalue weighted by Crippen LogP contribution is 2.40. The fourth-order valence-electron chi connectivity index (χ4n) is 2.60. The third-order valence-electron chi connectivity index (χ3n) is 4.38. The first-order chi connectivity index (χ1) is 11.4. The van der Waals surface area contributed by atoms with Crippen molar-refractivity contribution >= 4 is 23.2 Å². The Hall–Kier alpha value is -1.22. The van der Waals surface area contributed by atoms with Crippen LogP contribution in [-0.2, 0) is 12.0 Å². The van der Waals surface area contributed by atoms with Gasteiger partial charge >= 0.3 is 0 Å². The Kier molecular flexibility index (Phi) is 6.56. The first-order valence-corrected chi connectivity index (χ1v) is 9.07. The van der Waals surface area contributed by atoms with E-state index in [2.05, 4.69) is 45.0 Å². The number of rotatable bonds is 7. The van der Waals surface area contributed by atoms with Crippen LogP contribution < -0.4 is 10.5 Å². The lowest BCUT2D eigenvalue weighted by molar-refractivity contribution is 0.309. The van der Waals surface area contributed by atoms with Crippen molar-refractivity contribution < 1.29 is 4.74 Å². The first kappa shape index (κ1) is 19.1. The van der Waals surface area contributed by atoms with E-state index in [1.165, 1.54) is 5.56 Å². The van der Waals surface area contributed by atoms with Crippen molar-refractivity contribution in [3.05, 3.63) is 63.1 Å². The van der Waals surface area contributed by atoms with Gasteiger partial charge in [0.1, 0.15) is 0 Å². The summed E-state index contributed by atoms with van der Waals surface area (Å²) >= 11 is 12.9. The van der Waals surface area contributed by atoms with E-state index < -0.39 is 0 Å². The van der Waals surface area contributed by atoms with Crippen LogP contribution in [0.5, 0.6) is 5.75 Å². The number of unbranched alkanes of at least 4 members (excludes halogenated alkanes) is 1. The molecule has 0 heterocycles. The van der Waals surface area contributed by atoms with Crippen LogP contribution in [0.15, 0.2) is 36.4 Å². The molecule has 0 bridgehead atoms. The van der Waals surface area contributed by atoms with E-state index in [-0.39, 0.29) is 5.41 Å². The molecule has 0 radical (unpaired) electrons. The summed E-state index contributed by atoms with van der Waals surface area (Å²) in [4.78, 5) is 0. The normalized spacial score (nSPS) is 11.6. The molecule has 2 aromatic carbocycles. The molecule has 0 aliphatic heterocycles. The van der Waals surface area contributed by atoms with Crippen molar-refractivity contribution in [1.29, 1.82) is 0 Å². The summed E-state index contributed by atoms with van der Waals surface area (Å²) in [5.41, 5.74) is 8.82. The van der Waals surface area contributed by atoms with Gasteiger partial charge < -0.3 is 10.5 Å². The van der Waals surface area contributed by atoms with E-state index >= 15 is 0 Å². The second-order valence-corrected chi connectivity index (χ2v) is 7.31. The average molecular weight is 366 g/mol. The molecule has 2 rings (SSSR count). The van der Waals surface area contributed by atoms with Crippen molar-refractivity contribution in [2.24, 2.45) is 5.73 Å². The number of hydrogen-bond acceptors (Lipinski definition) is 2. The average Bonchev–Trinajstić information content (AvgIpc) is 2.57. The minimum Gasteiger partial charge on any atom is -0.490 e. The smallest absolute Gasteiger partial charge is 0.156 e. The van der Waals surface area contributed by atoms with Crippen LogP contribution in [0.2, 0.25) is 10.0 Å². The van der Waals surface area contributed by atoms with Crippen LogP contribution in [0.1, 0.15) is 50.3 Å². The zero-order valence-electron chi connectivity index (χ0n) is 14.5. The molecule has 130 valence electrons. The van der Waals surface area contributed by atoms with E-state index in [9.17, 15) is 0 Å². The lowest BCUT2D eigenvalue weighted by Crippen LogP contribution is -2.19. The van der Waals surface area contributed by atoms with E-state index in [0.29, 0.717) is 28.9 Å². The van der Waals surface area contributed by atoms with Crippen molar-refractivity contribution in [2.45, 2.75) is 45.6 Å². The predicted molar refractivity (Wildman–Crippen MR) is 103 cm³/mol. The second-order valence-electron chi connectivity index (χ2n) is 6.50. The number of halogens is 2. The van der Waals surface area contributed by atoms with Gasteiger partial charge in [-0.3, -0.25) is 0 Å². The van der Waals surface area contributed by atoms with Crippen LogP contribution >= 0.6 is 23.2 Å². The SMILES string of the molecule is CCCCOc1c(Cl)cc(C(C)(C)c2ccc(CN)cc2)cc1Cl. The van der Waals surface area contributed by atoms with E-state index in [1.54, 1.807) is 0 Å². The summed E-state index contributed by atoms with van der Waals surface area (Å²) in [6.07, 6.45) is 2.05. The van der Waals surface area contributed by atoms with Crippen LogP contribution in [0.3, 0.4) is 0 Å². The summed E-state index contributed by atoms with van der Waals surface area (Å²) in [5.74, 6) is 0.574. The molecule has 2 nitrogen and oxygen atoms in total. The van der Waals surface area contributed by atoms with Gasteiger partial charge in [0.15, 0.2) is 5.75 Å². The third-order valence-corrected chi connectivity index (χ3v) is 4.94. The van der Waals surface area contributed by atoms with E-state index in [1.807, 2.05) is 12.1 Å². The van der Waals surface area contributed by atoms with Crippen LogP contribution in [0, 0.1) is 0 Å². The monoisotopic (exact) mass is 365 g/mol. The molecule has 0 saturated carbocycles. The van der Waals surface area contributed by atoms with Gasteiger partial charge in [-0.2, -0.15) is 0 Å². The third kappa shape index (κ3) is 4.24. The summed E-state index contributed by atoms with van der Waals surface area (Å²) in [6.45, 7) is 7.60. The zero-order valence-corrected chi connectivity index (χ0v) is 16.0. The minimum atomic E-state index is -0.220. The molecular formula is C20H25Cl2NO. The molecule has 0 aliphatic rings. The maximum Gasteiger partial charge on any atom is 0.156 e.